The Morgan fingerprint density at radius 2 is 1.29 bits per heavy atom. The van der Waals surface area contributed by atoms with E-state index in [0.29, 0.717) is 18.8 Å². The van der Waals surface area contributed by atoms with Crippen molar-refractivity contribution in [2.24, 2.45) is 0 Å². The molecule has 1 aromatic carbocycles. The number of ether oxygens (including phenoxy) is 2. The largest absolute Gasteiger partial charge is 0.465 e. The lowest BCUT2D eigenvalue weighted by molar-refractivity contribution is -0.147. The normalized spacial score (nSPS) is 14.8. The van der Waals surface area contributed by atoms with Crippen LogP contribution in [0.25, 0.3) is 6.08 Å². The number of carbonyl (C=O) groups excluding carboxylic acids is 2. The topological polar surface area (TPSA) is 52.6 Å². The molecule has 0 saturated carbocycles. The molecule has 0 radical (unpaired) electrons. The Balaban J connectivity index is 1.83. The maximum Gasteiger partial charge on any atom is 0.335 e. The van der Waals surface area contributed by atoms with Crippen LogP contribution in [-0.4, -0.2) is 25.2 Å². The molecule has 0 spiro atoms. The van der Waals surface area contributed by atoms with Crippen LogP contribution in [0.4, 0.5) is 0 Å². The zero-order valence-electron chi connectivity index (χ0n) is 19.5. The van der Waals surface area contributed by atoms with Gasteiger partial charge in [-0.15, -0.1) is 0 Å². The predicted octanol–water partition coefficient (Wildman–Crippen LogP) is 6.97. The van der Waals surface area contributed by atoms with Crippen molar-refractivity contribution < 1.29 is 19.1 Å². The van der Waals surface area contributed by atoms with Crippen LogP contribution in [0.2, 0.25) is 0 Å². The van der Waals surface area contributed by atoms with Crippen LogP contribution in [-0.2, 0) is 19.1 Å². The van der Waals surface area contributed by atoms with Crippen LogP contribution >= 0.6 is 0 Å². The average Bonchev–Trinajstić information content (AvgIpc) is 3.17. The third-order valence-corrected chi connectivity index (χ3v) is 5.87. The first kappa shape index (κ1) is 25.2. The number of hydrogen-bond donors (Lipinski definition) is 0. The first-order valence-corrected chi connectivity index (χ1v) is 12.3. The molecule has 0 bridgehead atoms. The molecule has 1 aromatic rings. The minimum absolute atomic E-state index is 0.346. The molecule has 1 aliphatic carbocycles. The van der Waals surface area contributed by atoms with Gasteiger partial charge in [0.1, 0.15) is 5.92 Å². The second-order valence-electron chi connectivity index (χ2n) is 8.50. The molecule has 0 saturated heterocycles. The SMILES string of the molecule is CCCCCCCCOC(=O)C1=Cc2ccccc2C1C(=O)OCCCCCCCC. The highest BCUT2D eigenvalue weighted by molar-refractivity contribution is 6.05. The lowest BCUT2D eigenvalue weighted by Crippen LogP contribution is -2.22. The van der Waals surface area contributed by atoms with Gasteiger partial charge in [0, 0.05) is 0 Å². The highest BCUT2D eigenvalue weighted by atomic mass is 16.5. The summed E-state index contributed by atoms with van der Waals surface area (Å²) in [6.45, 7) is 5.21. The highest BCUT2D eigenvalue weighted by Gasteiger charge is 2.37. The Morgan fingerprint density at radius 1 is 0.742 bits per heavy atom. The van der Waals surface area contributed by atoms with E-state index in [2.05, 4.69) is 13.8 Å². The summed E-state index contributed by atoms with van der Waals surface area (Å²) in [5.74, 6) is -1.42. The van der Waals surface area contributed by atoms with Gasteiger partial charge in [-0.2, -0.15) is 0 Å². The maximum absolute atomic E-state index is 12.9. The van der Waals surface area contributed by atoms with E-state index in [9.17, 15) is 9.59 Å². The molecular formula is C27H40O4. The molecule has 172 valence electrons. The molecular weight excluding hydrogens is 388 g/mol. The van der Waals surface area contributed by atoms with Crippen LogP contribution in [0.15, 0.2) is 29.8 Å². The number of benzene rings is 1. The predicted molar refractivity (Wildman–Crippen MR) is 126 cm³/mol. The highest BCUT2D eigenvalue weighted by Crippen LogP contribution is 2.37. The van der Waals surface area contributed by atoms with Crippen LogP contribution in [0.1, 0.15) is 108 Å². The van der Waals surface area contributed by atoms with Crippen molar-refractivity contribution in [3.8, 4) is 0 Å². The number of unbranched alkanes of at least 4 members (excludes halogenated alkanes) is 10. The summed E-state index contributed by atoms with van der Waals surface area (Å²) in [5, 5.41) is 0. The fourth-order valence-corrected chi connectivity index (χ4v) is 4.02. The van der Waals surface area contributed by atoms with E-state index in [1.54, 1.807) is 6.08 Å². The molecule has 0 N–H and O–H groups in total. The number of esters is 2. The third-order valence-electron chi connectivity index (χ3n) is 5.87. The van der Waals surface area contributed by atoms with Crippen molar-refractivity contribution in [1.29, 1.82) is 0 Å². The summed E-state index contributed by atoms with van der Waals surface area (Å²) in [5.41, 5.74) is 2.14. The molecule has 31 heavy (non-hydrogen) atoms. The molecule has 0 aliphatic heterocycles. The molecule has 0 aromatic heterocycles. The van der Waals surface area contributed by atoms with Crippen molar-refractivity contribution in [2.75, 3.05) is 13.2 Å². The van der Waals surface area contributed by atoms with Crippen molar-refractivity contribution in [2.45, 2.75) is 96.8 Å². The van der Waals surface area contributed by atoms with Gasteiger partial charge in [0.05, 0.1) is 18.8 Å². The Hall–Kier alpha value is -2.10. The molecule has 1 atom stereocenters. The van der Waals surface area contributed by atoms with Crippen LogP contribution in [0.3, 0.4) is 0 Å². The summed E-state index contributed by atoms with van der Waals surface area (Å²) in [6.07, 6.45) is 15.4. The van der Waals surface area contributed by atoms with E-state index in [0.717, 1.165) is 36.8 Å². The van der Waals surface area contributed by atoms with E-state index in [1.807, 2.05) is 24.3 Å². The van der Waals surface area contributed by atoms with Crippen LogP contribution in [0, 0.1) is 0 Å². The number of fused-ring (bicyclic) bond motifs is 1. The van der Waals surface area contributed by atoms with Gasteiger partial charge in [-0.3, -0.25) is 4.79 Å². The third kappa shape index (κ3) is 8.51. The molecule has 4 heteroatoms. The van der Waals surface area contributed by atoms with E-state index in [1.165, 1.54) is 51.4 Å². The van der Waals surface area contributed by atoms with Gasteiger partial charge in [0.15, 0.2) is 0 Å². The Bertz CT molecular complexity index is 707. The summed E-state index contributed by atoms with van der Waals surface area (Å²) < 4.78 is 11.1. The Morgan fingerprint density at radius 3 is 1.94 bits per heavy atom. The van der Waals surface area contributed by atoms with Crippen molar-refractivity contribution >= 4 is 18.0 Å². The maximum atomic E-state index is 12.9. The van der Waals surface area contributed by atoms with Gasteiger partial charge in [0.2, 0.25) is 0 Å². The van der Waals surface area contributed by atoms with Crippen molar-refractivity contribution in [3.63, 3.8) is 0 Å². The van der Waals surface area contributed by atoms with Crippen LogP contribution in [0.5, 0.6) is 0 Å². The van der Waals surface area contributed by atoms with Gasteiger partial charge in [-0.25, -0.2) is 4.79 Å². The molecule has 0 heterocycles. The second kappa shape index (κ2) is 14.8. The Labute approximate surface area is 188 Å². The molecule has 0 fully saturated rings. The summed E-state index contributed by atoms with van der Waals surface area (Å²) in [6, 6.07) is 7.64. The second-order valence-corrected chi connectivity index (χ2v) is 8.50. The van der Waals surface area contributed by atoms with E-state index < -0.39 is 11.9 Å². The lowest BCUT2D eigenvalue weighted by atomic mass is 9.96. The van der Waals surface area contributed by atoms with Gasteiger partial charge in [-0.1, -0.05) is 102 Å². The first-order valence-electron chi connectivity index (χ1n) is 12.3. The number of rotatable bonds is 16. The van der Waals surface area contributed by atoms with Gasteiger partial charge >= 0.3 is 11.9 Å². The van der Waals surface area contributed by atoms with E-state index in [4.69, 9.17) is 9.47 Å². The van der Waals surface area contributed by atoms with Gasteiger partial charge in [-0.05, 0) is 30.0 Å². The van der Waals surface area contributed by atoms with Crippen LogP contribution < -0.4 is 0 Å². The summed E-state index contributed by atoms with van der Waals surface area (Å²) in [7, 11) is 0. The van der Waals surface area contributed by atoms with Crippen molar-refractivity contribution in [3.05, 3.63) is 41.0 Å². The molecule has 4 nitrogen and oxygen atoms in total. The Kier molecular flexibility index (Phi) is 12.0. The minimum Gasteiger partial charge on any atom is -0.465 e. The first-order chi connectivity index (χ1) is 15.2. The molecule has 0 amide bonds. The molecule has 1 aliphatic rings. The van der Waals surface area contributed by atoms with Gasteiger partial charge < -0.3 is 9.47 Å². The summed E-state index contributed by atoms with van der Waals surface area (Å²) in [4.78, 5) is 25.6. The van der Waals surface area contributed by atoms with E-state index >= 15 is 0 Å². The van der Waals surface area contributed by atoms with E-state index in [-0.39, 0.29) is 5.97 Å². The fraction of sp³-hybridized carbons (Fsp3) is 0.630. The zero-order valence-corrected chi connectivity index (χ0v) is 19.5. The number of carbonyl (C=O) groups is 2. The number of hydrogen-bond acceptors (Lipinski definition) is 4. The molecule has 2 rings (SSSR count). The standard InChI is InChI=1S/C27H40O4/c1-3-5-7-9-11-15-19-30-26(28)24-21-22-17-13-14-18-23(22)25(24)27(29)31-20-16-12-10-8-6-4-2/h13-14,17-18,21,25H,3-12,15-16,19-20H2,1-2H3. The van der Waals surface area contributed by atoms with Crippen molar-refractivity contribution in [1.82, 2.24) is 0 Å². The quantitative estimate of drug-likeness (QED) is 0.211. The summed E-state index contributed by atoms with van der Waals surface area (Å²) >= 11 is 0. The fourth-order valence-electron chi connectivity index (χ4n) is 4.02. The average molecular weight is 429 g/mol. The monoisotopic (exact) mass is 428 g/mol. The van der Waals surface area contributed by atoms with Gasteiger partial charge in [0.25, 0.3) is 0 Å². The zero-order chi connectivity index (χ0) is 22.3. The minimum atomic E-state index is -0.673. The smallest absolute Gasteiger partial charge is 0.335 e. The molecule has 1 unspecified atom stereocenters. The lowest BCUT2D eigenvalue weighted by Gasteiger charge is -2.15.